The monoisotopic (exact) mass is 422 g/mol. The third kappa shape index (κ3) is 4.89. The van der Waals surface area contributed by atoms with Gasteiger partial charge in [0.15, 0.2) is 5.82 Å². The Hall–Kier alpha value is -3.12. The summed E-state index contributed by atoms with van der Waals surface area (Å²) in [6.45, 7) is 3.39. The quantitative estimate of drug-likeness (QED) is 0.620. The lowest BCUT2D eigenvalue weighted by Gasteiger charge is -2.33. The van der Waals surface area contributed by atoms with Crippen LogP contribution in [0.1, 0.15) is 18.4 Å². The van der Waals surface area contributed by atoms with Gasteiger partial charge in [0, 0.05) is 36.2 Å². The summed E-state index contributed by atoms with van der Waals surface area (Å²) in [5.74, 6) is 1.65. The van der Waals surface area contributed by atoms with Gasteiger partial charge in [0.05, 0.1) is 5.92 Å². The fraction of sp³-hybridized carbons (Fsp3) is 0.261. The highest BCUT2D eigenvalue weighted by Gasteiger charge is 2.28. The Morgan fingerprint density at radius 2 is 1.83 bits per heavy atom. The van der Waals surface area contributed by atoms with E-state index in [-0.39, 0.29) is 11.8 Å². The molecule has 1 aromatic heterocycles. The highest BCUT2D eigenvalue weighted by atomic mass is 35.5. The normalized spacial score (nSPS) is 16.2. The zero-order valence-electron chi connectivity index (χ0n) is 16.7. The number of amides is 1. The average Bonchev–Trinajstić information content (AvgIpc) is 2.77. The Bertz CT molecular complexity index is 1010. The molecule has 0 spiro atoms. The largest absolute Gasteiger partial charge is 0.436 e. The maximum atomic E-state index is 12.8. The van der Waals surface area contributed by atoms with Crippen molar-refractivity contribution >= 4 is 29.0 Å². The van der Waals surface area contributed by atoms with Crippen molar-refractivity contribution in [1.29, 1.82) is 0 Å². The Labute approximate surface area is 180 Å². The molecule has 1 amide bonds. The Balaban J connectivity index is 1.47. The zero-order valence-corrected chi connectivity index (χ0v) is 17.5. The molecule has 7 heteroatoms. The summed E-state index contributed by atoms with van der Waals surface area (Å²) >= 11 is 5.92. The molecule has 0 bridgehead atoms. The molecule has 6 nitrogen and oxygen atoms in total. The van der Waals surface area contributed by atoms with Gasteiger partial charge in [0.25, 0.3) is 5.88 Å². The molecular formula is C23H23ClN4O2. The van der Waals surface area contributed by atoms with Crippen LogP contribution in [0, 0.1) is 12.8 Å². The fourth-order valence-corrected chi connectivity index (χ4v) is 3.61. The molecule has 0 saturated carbocycles. The van der Waals surface area contributed by atoms with Crippen molar-refractivity contribution in [3.8, 4) is 11.6 Å². The van der Waals surface area contributed by atoms with E-state index in [0.29, 0.717) is 29.0 Å². The first-order valence-corrected chi connectivity index (χ1v) is 10.3. The number of hydrogen-bond donors (Lipinski definition) is 1. The van der Waals surface area contributed by atoms with Gasteiger partial charge >= 0.3 is 0 Å². The van der Waals surface area contributed by atoms with Crippen molar-refractivity contribution in [2.45, 2.75) is 19.8 Å². The second kappa shape index (κ2) is 9.13. The third-order valence-corrected chi connectivity index (χ3v) is 5.34. The fourth-order valence-electron chi connectivity index (χ4n) is 3.49. The van der Waals surface area contributed by atoms with E-state index in [1.54, 1.807) is 36.7 Å². The molecular weight excluding hydrogens is 400 g/mol. The summed E-state index contributed by atoms with van der Waals surface area (Å²) in [5.41, 5.74) is 1.90. The molecule has 1 atom stereocenters. The number of aromatic nitrogens is 2. The molecule has 0 aliphatic carbocycles. The van der Waals surface area contributed by atoms with E-state index in [0.717, 1.165) is 30.6 Å². The number of rotatable bonds is 5. The molecule has 2 aromatic carbocycles. The number of halogens is 1. The number of aryl methyl sites for hydroxylation is 1. The van der Waals surface area contributed by atoms with E-state index in [9.17, 15) is 4.79 Å². The molecule has 0 unspecified atom stereocenters. The van der Waals surface area contributed by atoms with Gasteiger partial charge in [0.1, 0.15) is 5.75 Å². The van der Waals surface area contributed by atoms with E-state index >= 15 is 0 Å². The van der Waals surface area contributed by atoms with E-state index in [4.69, 9.17) is 16.3 Å². The summed E-state index contributed by atoms with van der Waals surface area (Å²) in [6.07, 6.45) is 4.97. The minimum atomic E-state index is -0.149. The van der Waals surface area contributed by atoms with E-state index in [1.807, 2.05) is 31.2 Å². The number of benzene rings is 2. The van der Waals surface area contributed by atoms with Crippen LogP contribution in [0.4, 0.5) is 11.5 Å². The summed E-state index contributed by atoms with van der Waals surface area (Å²) in [7, 11) is 0. The molecule has 2 heterocycles. The van der Waals surface area contributed by atoms with Crippen molar-refractivity contribution in [1.82, 2.24) is 9.97 Å². The molecule has 30 heavy (non-hydrogen) atoms. The Kier molecular flexibility index (Phi) is 6.14. The minimum Gasteiger partial charge on any atom is -0.436 e. The molecule has 3 aromatic rings. The topological polar surface area (TPSA) is 67.4 Å². The molecule has 1 N–H and O–H groups in total. The number of carbonyl (C=O) groups is 1. The van der Waals surface area contributed by atoms with Crippen LogP contribution in [0.5, 0.6) is 11.6 Å². The molecule has 1 saturated heterocycles. The predicted molar refractivity (Wildman–Crippen MR) is 118 cm³/mol. The third-order valence-electron chi connectivity index (χ3n) is 5.09. The number of nitrogens with zero attached hydrogens (tertiary/aromatic N) is 3. The van der Waals surface area contributed by atoms with E-state index in [1.165, 1.54) is 0 Å². The van der Waals surface area contributed by atoms with Crippen LogP contribution in [-0.4, -0.2) is 29.0 Å². The van der Waals surface area contributed by atoms with Gasteiger partial charge in [0.2, 0.25) is 5.91 Å². The standard InChI is InChI=1S/C23H23ClN4O2/c1-16-4-10-20(11-5-16)30-23-21(25-12-13-26-23)28-14-2-3-17(15-28)22(29)27-19-8-6-18(24)7-9-19/h4-13,17H,2-3,14-15H2,1H3,(H,27,29)/t17-/m1/s1. The molecule has 4 rings (SSSR count). The van der Waals surface area contributed by atoms with Crippen molar-refractivity contribution in [3.63, 3.8) is 0 Å². The van der Waals surface area contributed by atoms with Gasteiger partial charge in [-0.3, -0.25) is 4.79 Å². The van der Waals surface area contributed by atoms with Crippen molar-refractivity contribution in [3.05, 3.63) is 71.5 Å². The number of anilines is 2. The van der Waals surface area contributed by atoms with Gasteiger partial charge in [-0.05, 0) is 56.2 Å². The van der Waals surface area contributed by atoms with Crippen LogP contribution in [0.2, 0.25) is 5.02 Å². The number of carbonyl (C=O) groups excluding carboxylic acids is 1. The van der Waals surface area contributed by atoms with Crippen LogP contribution in [0.25, 0.3) is 0 Å². The van der Waals surface area contributed by atoms with Crippen molar-refractivity contribution < 1.29 is 9.53 Å². The summed E-state index contributed by atoms with van der Waals surface area (Å²) in [6, 6.07) is 14.9. The average molecular weight is 423 g/mol. The van der Waals surface area contributed by atoms with Crippen molar-refractivity contribution in [2.75, 3.05) is 23.3 Å². The first-order chi connectivity index (χ1) is 14.6. The first-order valence-electron chi connectivity index (χ1n) is 9.95. The van der Waals surface area contributed by atoms with Crippen LogP contribution in [0.3, 0.4) is 0 Å². The maximum absolute atomic E-state index is 12.8. The van der Waals surface area contributed by atoms with E-state index < -0.39 is 0 Å². The van der Waals surface area contributed by atoms with Crippen LogP contribution in [-0.2, 0) is 4.79 Å². The molecule has 154 valence electrons. The number of ether oxygens (including phenoxy) is 1. The van der Waals surface area contributed by atoms with Gasteiger partial charge < -0.3 is 15.0 Å². The van der Waals surface area contributed by atoms with Crippen molar-refractivity contribution in [2.24, 2.45) is 5.92 Å². The van der Waals surface area contributed by atoms with Gasteiger partial charge in [-0.1, -0.05) is 29.3 Å². The predicted octanol–water partition coefficient (Wildman–Crippen LogP) is 5.09. The van der Waals surface area contributed by atoms with Crippen LogP contribution >= 0.6 is 11.6 Å². The van der Waals surface area contributed by atoms with Crippen LogP contribution < -0.4 is 15.0 Å². The number of nitrogens with one attached hydrogen (secondary N) is 1. The number of hydrogen-bond acceptors (Lipinski definition) is 5. The van der Waals surface area contributed by atoms with Gasteiger partial charge in [-0.15, -0.1) is 0 Å². The summed E-state index contributed by atoms with van der Waals surface area (Å²) in [5, 5.41) is 3.62. The SMILES string of the molecule is Cc1ccc(Oc2nccnc2N2CCC[C@@H](C(=O)Nc3ccc(Cl)cc3)C2)cc1. The summed E-state index contributed by atoms with van der Waals surface area (Å²) < 4.78 is 5.99. The highest BCUT2D eigenvalue weighted by molar-refractivity contribution is 6.30. The molecule has 1 fully saturated rings. The van der Waals surface area contributed by atoms with Crippen LogP contribution in [0.15, 0.2) is 60.9 Å². The second-order valence-corrected chi connectivity index (χ2v) is 7.82. The highest BCUT2D eigenvalue weighted by Crippen LogP contribution is 2.31. The second-order valence-electron chi connectivity index (χ2n) is 7.38. The lowest BCUT2D eigenvalue weighted by molar-refractivity contribution is -0.120. The first kappa shape index (κ1) is 20.2. The lowest BCUT2D eigenvalue weighted by Crippen LogP contribution is -2.41. The van der Waals surface area contributed by atoms with Gasteiger partial charge in [-0.25, -0.2) is 9.97 Å². The molecule has 0 radical (unpaired) electrons. The lowest BCUT2D eigenvalue weighted by atomic mass is 9.97. The smallest absolute Gasteiger partial charge is 0.263 e. The zero-order chi connectivity index (χ0) is 20.9. The minimum absolute atomic E-state index is 0.00749. The maximum Gasteiger partial charge on any atom is 0.263 e. The molecule has 1 aliphatic heterocycles. The Morgan fingerprint density at radius 3 is 2.60 bits per heavy atom. The van der Waals surface area contributed by atoms with Gasteiger partial charge in [-0.2, -0.15) is 0 Å². The Morgan fingerprint density at radius 1 is 1.10 bits per heavy atom. The van der Waals surface area contributed by atoms with E-state index in [2.05, 4.69) is 20.2 Å². The number of piperidine rings is 1. The summed E-state index contributed by atoms with van der Waals surface area (Å²) in [4.78, 5) is 23.7. The molecule has 1 aliphatic rings.